The third-order valence-corrected chi connectivity index (χ3v) is 15.2. The fourth-order valence-electron chi connectivity index (χ4n) is 10.2. The first-order valence-corrected chi connectivity index (χ1v) is 31.5. The Morgan fingerprint density at radius 2 is 0.890 bits per heavy atom. The lowest BCUT2D eigenvalue weighted by atomic mass is 9.99. The summed E-state index contributed by atoms with van der Waals surface area (Å²) in [4.78, 5) is 26.5. The van der Waals surface area contributed by atoms with Crippen molar-refractivity contribution >= 4 is 11.9 Å². The molecule has 0 saturated carbocycles. The Bertz CT molecular complexity index is 1240. The van der Waals surface area contributed by atoms with Gasteiger partial charge in [0.25, 0.3) is 0 Å². The molecule has 1 aliphatic rings. The molecule has 1 saturated heterocycles. The van der Waals surface area contributed by atoms with Gasteiger partial charge in [0.05, 0.1) is 25.4 Å². The standard InChI is InChI=1S/C62H119NO10/c1-4-7-10-13-16-19-22-25-27-28-29-32-35-38-41-44-47-50-57(67)73-60-59(69)58(68)56(51-64)72-62(60)71-52-53(54(65)48-45-42-39-36-33-30-24-21-18-15-12-9-6-3)63-61(70)55(66)49-46-43-40-37-34-31-26-23-20-17-14-11-8-5-2/h45,48,53-56,58-60,62,64-66,68-69H,4-44,46-47,49-52H2,1-3H3,(H,63,70)/b48-45+. The number of hydrogen-bond donors (Lipinski definition) is 6. The Balaban J connectivity index is 2.67. The van der Waals surface area contributed by atoms with E-state index in [9.17, 15) is 35.1 Å². The summed E-state index contributed by atoms with van der Waals surface area (Å²) in [6, 6.07) is -1.02. The summed E-state index contributed by atoms with van der Waals surface area (Å²) in [5, 5.41) is 57.0. The average Bonchev–Trinajstić information content (AvgIpc) is 3.39. The number of nitrogens with one attached hydrogen (secondary N) is 1. The largest absolute Gasteiger partial charge is 0.454 e. The highest BCUT2D eigenvalue weighted by Crippen LogP contribution is 2.26. The SMILES string of the molecule is CCCCCCCCCCCCC/C=C/C(O)C(COC1OC(CO)C(O)C(O)C1OC(=O)CCCCCCCCCCCCCCCCCCC)NC(=O)C(O)CCCCCCCCCCCCCCCC. The molecule has 11 heteroatoms. The van der Waals surface area contributed by atoms with Crippen LogP contribution in [0.3, 0.4) is 0 Å². The maximum Gasteiger partial charge on any atom is 0.306 e. The molecule has 432 valence electrons. The molecule has 0 aromatic rings. The van der Waals surface area contributed by atoms with E-state index >= 15 is 0 Å². The molecule has 1 aliphatic heterocycles. The smallest absolute Gasteiger partial charge is 0.306 e. The predicted octanol–water partition coefficient (Wildman–Crippen LogP) is 14.7. The van der Waals surface area contributed by atoms with Gasteiger partial charge in [0.1, 0.15) is 24.4 Å². The van der Waals surface area contributed by atoms with Gasteiger partial charge in [-0.15, -0.1) is 0 Å². The second-order valence-electron chi connectivity index (χ2n) is 22.2. The van der Waals surface area contributed by atoms with Crippen molar-refractivity contribution in [2.24, 2.45) is 0 Å². The van der Waals surface area contributed by atoms with E-state index < -0.39 is 67.4 Å². The van der Waals surface area contributed by atoms with Crippen LogP contribution in [-0.2, 0) is 23.8 Å². The Labute approximate surface area is 448 Å². The summed E-state index contributed by atoms with van der Waals surface area (Å²) in [6.07, 6.45) is 46.7. The first-order valence-electron chi connectivity index (χ1n) is 31.5. The zero-order chi connectivity index (χ0) is 53.3. The second-order valence-corrected chi connectivity index (χ2v) is 22.2. The second kappa shape index (κ2) is 51.2. The Hall–Kier alpha value is -1.60. The quantitative estimate of drug-likeness (QED) is 0.0195. The molecular weight excluding hydrogens is 919 g/mol. The van der Waals surface area contributed by atoms with Crippen molar-refractivity contribution in [3.63, 3.8) is 0 Å². The molecule has 73 heavy (non-hydrogen) atoms. The van der Waals surface area contributed by atoms with Gasteiger partial charge < -0.3 is 45.1 Å². The molecule has 8 atom stereocenters. The number of amides is 1. The molecule has 11 nitrogen and oxygen atoms in total. The minimum Gasteiger partial charge on any atom is -0.454 e. The molecule has 0 aromatic carbocycles. The number of rotatable bonds is 54. The van der Waals surface area contributed by atoms with Gasteiger partial charge >= 0.3 is 5.97 Å². The summed E-state index contributed by atoms with van der Waals surface area (Å²) < 4.78 is 17.6. The lowest BCUT2D eigenvalue weighted by molar-refractivity contribution is -0.305. The van der Waals surface area contributed by atoms with Crippen molar-refractivity contribution in [3.05, 3.63) is 12.2 Å². The molecule has 0 aromatic heterocycles. The summed E-state index contributed by atoms with van der Waals surface area (Å²) in [5.41, 5.74) is 0. The highest BCUT2D eigenvalue weighted by atomic mass is 16.7. The summed E-state index contributed by atoms with van der Waals surface area (Å²) >= 11 is 0. The van der Waals surface area contributed by atoms with Crippen LogP contribution in [0.5, 0.6) is 0 Å². The molecule has 0 aliphatic carbocycles. The molecule has 0 spiro atoms. The first-order chi connectivity index (χ1) is 35.7. The van der Waals surface area contributed by atoms with Crippen LogP contribution in [0.4, 0.5) is 0 Å². The molecular formula is C62H119NO10. The zero-order valence-electron chi connectivity index (χ0n) is 47.8. The van der Waals surface area contributed by atoms with Gasteiger partial charge in [0.15, 0.2) is 12.4 Å². The normalized spacial score (nSPS) is 19.4. The van der Waals surface area contributed by atoms with E-state index in [0.29, 0.717) is 19.3 Å². The molecule has 6 N–H and O–H groups in total. The summed E-state index contributed by atoms with van der Waals surface area (Å²) in [5.74, 6) is -1.18. The van der Waals surface area contributed by atoms with Crippen molar-refractivity contribution in [3.8, 4) is 0 Å². The number of aliphatic hydroxyl groups is 5. The van der Waals surface area contributed by atoms with E-state index in [1.54, 1.807) is 6.08 Å². The third-order valence-electron chi connectivity index (χ3n) is 15.2. The van der Waals surface area contributed by atoms with Crippen molar-refractivity contribution in [2.75, 3.05) is 13.2 Å². The highest BCUT2D eigenvalue weighted by Gasteiger charge is 2.47. The molecule has 8 unspecified atom stereocenters. The molecule has 1 fully saturated rings. The lowest BCUT2D eigenvalue weighted by Crippen LogP contribution is -2.61. The Kier molecular flexibility index (Phi) is 48.7. The van der Waals surface area contributed by atoms with Crippen molar-refractivity contribution in [2.45, 2.75) is 359 Å². The van der Waals surface area contributed by atoms with E-state index in [1.165, 1.54) is 205 Å². The van der Waals surface area contributed by atoms with Crippen LogP contribution in [0.2, 0.25) is 0 Å². The van der Waals surface area contributed by atoms with E-state index in [-0.39, 0.29) is 13.0 Å². The van der Waals surface area contributed by atoms with Crippen molar-refractivity contribution in [1.82, 2.24) is 5.32 Å². The van der Waals surface area contributed by atoms with Gasteiger partial charge in [-0.3, -0.25) is 9.59 Å². The monoisotopic (exact) mass is 1040 g/mol. The van der Waals surface area contributed by atoms with E-state index in [0.717, 1.165) is 57.8 Å². The number of hydrogen-bond acceptors (Lipinski definition) is 10. The van der Waals surface area contributed by atoms with E-state index in [4.69, 9.17) is 14.2 Å². The van der Waals surface area contributed by atoms with E-state index in [2.05, 4.69) is 26.1 Å². The van der Waals surface area contributed by atoms with Crippen molar-refractivity contribution in [1.29, 1.82) is 0 Å². The Morgan fingerprint density at radius 1 is 0.521 bits per heavy atom. The number of esters is 1. The number of unbranched alkanes of at least 4 members (excludes halogenated alkanes) is 40. The van der Waals surface area contributed by atoms with Crippen molar-refractivity contribution < 1.29 is 49.3 Å². The van der Waals surface area contributed by atoms with Crippen LogP contribution in [0.25, 0.3) is 0 Å². The minimum absolute atomic E-state index is 0.132. The lowest BCUT2D eigenvalue weighted by Gasteiger charge is -2.41. The van der Waals surface area contributed by atoms with E-state index in [1.807, 2.05) is 6.08 Å². The maximum atomic E-state index is 13.4. The van der Waals surface area contributed by atoms with Gasteiger partial charge in [-0.05, 0) is 25.7 Å². The van der Waals surface area contributed by atoms with Crippen LogP contribution in [0.15, 0.2) is 12.2 Å². The number of ether oxygens (including phenoxy) is 3. The average molecular weight is 1040 g/mol. The molecule has 1 rings (SSSR count). The zero-order valence-corrected chi connectivity index (χ0v) is 47.8. The van der Waals surface area contributed by atoms with Gasteiger partial charge in [-0.2, -0.15) is 0 Å². The minimum atomic E-state index is -1.61. The third kappa shape index (κ3) is 39.4. The Morgan fingerprint density at radius 3 is 1.29 bits per heavy atom. The highest BCUT2D eigenvalue weighted by molar-refractivity contribution is 5.80. The van der Waals surface area contributed by atoms with Gasteiger partial charge in [-0.25, -0.2) is 0 Å². The molecule has 1 heterocycles. The number of aliphatic hydroxyl groups excluding tert-OH is 5. The summed E-state index contributed by atoms with van der Waals surface area (Å²) in [6.45, 7) is 5.83. The summed E-state index contributed by atoms with van der Waals surface area (Å²) in [7, 11) is 0. The first kappa shape index (κ1) is 69.4. The predicted molar refractivity (Wildman–Crippen MR) is 301 cm³/mol. The number of carbonyl (C=O) groups excluding carboxylic acids is 2. The number of allylic oxidation sites excluding steroid dienone is 1. The fraction of sp³-hybridized carbons (Fsp3) is 0.935. The fourth-order valence-corrected chi connectivity index (χ4v) is 10.2. The van der Waals surface area contributed by atoms with Gasteiger partial charge in [-0.1, -0.05) is 290 Å². The van der Waals surface area contributed by atoms with Crippen LogP contribution < -0.4 is 5.32 Å². The van der Waals surface area contributed by atoms with Crippen LogP contribution >= 0.6 is 0 Å². The van der Waals surface area contributed by atoms with Crippen LogP contribution in [0.1, 0.15) is 310 Å². The maximum absolute atomic E-state index is 13.4. The molecule has 1 amide bonds. The molecule has 0 bridgehead atoms. The van der Waals surface area contributed by atoms with Gasteiger partial charge in [0, 0.05) is 6.42 Å². The van der Waals surface area contributed by atoms with Crippen LogP contribution in [-0.4, -0.2) is 99.6 Å². The van der Waals surface area contributed by atoms with Gasteiger partial charge in [0.2, 0.25) is 5.91 Å². The van der Waals surface area contributed by atoms with Crippen LogP contribution in [0, 0.1) is 0 Å². The topological polar surface area (TPSA) is 175 Å². The molecule has 0 radical (unpaired) electrons. The number of carbonyl (C=O) groups is 2.